The first-order valence-electron chi connectivity index (χ1n) is 10.2. The van der Waals surface area contributed by atoms with E-state index in [0.717, 1.165) is 46.6 Å². The summed E-state index contributed by atoms with van der Waals surface area (Å²) in [6, 6.07) is 18.1. The number of aromatic nitrogens is 3. The number of nitrogens with zero attached hydrogens (tertiary/aromatic N) is 3. The number of carbonyl (C=O) groups is 1. The molecule has 0 aliphatic rings. The molecule has 0 fully saturated rings. The van der Waals surface area contributed by atoms with Crippen molar-refractivity contribution in [3.8, 4) is 22.8 Å². The molecule has 0 saturated heterocycles. The van der Waals surface area contributed by atoms with Crippen LogP contribution in [0.5, 0.6) is 5.75 Å². The third-order valence-corrected chi connectivity index (χ3v) is 5.81. The lowest BCUT2D eigenvalue weighted by Crippen LogP contribution is -2.31. The summed E-state index contributed by atoms with van der Waals surface area (Å²) >= 11 is 1.61. The normalized spacial score (nSPS) is 11.8. The molecule has 1 atom stereocenters. The summed E-state index contributed by atoms with van der Waals surface area (Å²) in [4.78, 5) is 12.0. The van der Waals surface area contributed by atoms with Gasteiger partial charge in [0.15, 0.2) is 11.0 Å². The van der Waals surface area contributed by atoms with Crippen molar-refractivity contribution in [3.05, 3.63) is 54.6 Å². The fraction of sp³-hybridized carbons (Fsp3) is 0.348. The fourth-order valence-corrected chi connectivity index (χ4v) is 3.84. The van der Waals surface area contributed by atoms with Crippen LogP contribution in [0, 0.1) is 0 Å². The van der Waals surface area contributed by atoms with E-state index in [1.165, 1.54) is 0 Å². The van der Waals surface area contributed by atoms with Gasteiger partial charge in [-0.3, -0.25) is 9.36 Å². The Labute approximate surface area is 182 Å². The Morgan fingerprint density at radius 1 is 1.13 bits per heavy atom. The second kappa shape index (κ2) is 10.8. The Kier molecular flexibility index (Phi) is 7.90. The van der Waals surface area contributed by atoms with Crippen LogP contribution in [0.25, 0.3) is 17.1 Å². The van der Waals surface area contributed by atoms with Crippen molar-refractivity contribution in [1.29, 1.82) is 0 Å². The summed E-state index contributed by atoms with van der Waals surface area (Å²) in [5.74, 6) is 2.48. The zero-order valence-corrected chi connectivity index (χ0v) is 18.5. The maximum Gasteiger partial charge on any atom is 0.220 e. The highest BCUT2D eigenvalue weighted by atomic mass is 32.2. The molecule has 0 aliphatic carbocycles. The molecule has 0 saturated carbocycles. The van der Waals surface area contributed by atoms with E-state index >= 15 is 0 Å². The Bertz CT molecular complexity index is 942. The average Bonchev–Trinajstić information content (AvgIpc) is 3.21. The topological polar surface area (TPSA) is 69.0 Å². The zero-order chi connectivity index (χ0) is 21.3. The number of benzene rings is 2. The van der Waals surface area contributed by atoms with Crippen LogP contribution in [-0.2, 0) is 4.79 Å². The maximum absolute atomic E-state index is 12.0. The SMILES string of the molecule is CCC(C)NC(=O)CCCSc1nnc(-c2ccccc2)n1-c1ccc(OC)cc1. The van der Waals surface area contributed by atoms with Gasteiger partial charge >= 0.3 is 0 Å². The number of amides is 1. The lowest BCUT2D eigenvalue weighted by Gasteiger charge is -2.12. The van der Waals surface area contributed by atoms with E-state index in [9.17, 15) is 4.79 Å². The third kappa shape index (κ3) is 5.63. The van der Waals surface area contributed by atoms with E-state index in [-0.39, 0.29) is 11.9 Å². The molecule has 1 N–H and O–H groups in total. The van der Waals surface area contributed by atoms with Gasteiger partial charge in [0.1, 0.15) is 5.75 Å². The first kappa shape index (κ1) is 21.9. The van der Waals surface area contributed by atoms with Gasteiger partial charge in [0, 0.05) is 29.5 Å². The molecule has 0 spiro atoms. The van der Waals surface area contributed by atoms with Gasteiger partial charge < -0.3 is 10.1 Å². The Hall–Kier alpha value is -2.80. The van der Waals surface area contributed by atoms with Crippen molar-refractivity contribution in [1.82, 2.24) is 20.1 Å². The van der Waals surface area contributed by atoms with Crippen LogP contribution in [0.4, 0.5) is 0 Å². The van der Waals surface area contributed by atoms with E-state index in [1.807, 2.05) is 61.5 Å². The summed E-state index contributed by atoms with van der Waals surface area (Å²) < 4.78 is 7.34. The summed E-state index contributed by atoms with van der Waals surface area (Å²) in [6.07, 6.45) is 2.23. The fourth-order valence-electron chi connectivity index (χ4n) is 2.95. The predicted octanol–water partition coefficient (Wildman–Crippen LogP) is 4.73. The predicted molar refractivity (Wildman–Crippen MR) is 121 cm³/mol. The van der Waals surface area contributed by atoms with E-state index in [4.69, 9.17) is 4.74 Å². The maximum atomic E-state index is 12.0. The number of thioether (sulfide) groups is 1. The van der Waals surface area contributed by atoms with Gasteiger partial charge in [-0.15, -0.1) is 10.2 Å². The Balaban J connectivity index is 1.75. The van der Waals surface area contributed by atoms with Crippen molar-refractivity contribution in [3.63, 3.8) is 0 Å². The number of ether oxygens (including phenoxy) is 1. The number of carbonyl (C=O) groups excluding carboxylic acids is 1. The minimum atomic E-state index is 0.103. The molecule has 0 bridgehead atoms. The lowest BCUT2D eigenvalue weighted by atomic mass is 10.2. The van der Waals surface area contributed by atoms with E-state index in [2.05, 4.69) is 27.0 Å². The van der Waals surface area contributed by atoms with Crippen LogP contribution in [0.15, 0.2) is 59.8 Å². The average molecular weight is 425 g/mol. The Morgan fingerprint density at radius 3 is 2.53 bits per heavy atom. The van der Waals surface area contributed by atoms with Crippen LogP contribution in [-0.4, -0.2) is 39.6 Å². The van der Waals surface area contributed by atoms with Crippen molar-refractivity contribution in [2.45, 2.75) is 44.3 Å². The molecule has 1 unspecified atom stereocenters. The van der Waals surface area contributed by atoms with Crippen molar-refractivity contribution in [2.24, 2.45) is 0 Å². The number of nitrogens with one attached hydrogen (secondary N) is 1. The van der Waals surface area contributed by atoms with Gasteiger partial charge in [-0.05, 0) is 44.0 Å². The molecule has 0 aliphatic heterocycles. The van der Waals surface area contributed by atoms with Crippen molar-refractivity contribution < 1.29 is 9.53 Å². The largest absolute Gasteiger partial charge is 0.497 e. The van der Waals surface area contributed by atoms with Crippen molar-refractivity contribution >= 4 is 17.7 Å². The Morgan fingerprint density at radius 2 is 1.87 bits per heavy atom. The first-order valence-corrected chi connectivity index (χ1v) is 11.2. The molecular formula is C23H28N4O2S. The molecule has 1 amide bonds. The van der Waals surface area contributed by atoms with Crippen molar-refractivity contribution in [2.75, 3.05) is 12.9 Å². The van der Waals surface area contributed by atoms with Gasteiger partial charge in [0.05, 0.1) is 7.11 Å². The molecule has 3 rings (SSSR count). The number of hydrogen-bond acceptors (Lipinski definition) is 5. The van der Waals surface area contributed by atoms with E-state index in [1.54, 1.807) is 18.9 Å². The number of hydrogen-bond donors (Lipinski definition) is 1. The molecule has 2 aromatic carbocycles. The zero-order valence-electron chi connectivity index (χ0n) is 17.7. The molecule has 7 heteroatoms. The highest BCUT2D eigenvalue weighted by Gasteiger charge is 2.16. The first-order chi connectivity index (χ1) is 14.6. The monoisotopic (exact) mass is 424 g/mol. The van der Waals surface area contributed by atoms with Gasteiger partial charge in [-0.25, -0.2) is 0 Å². The summed E-state index contributed by atoms with van der Waals surface area (Å²) in [5.41, 5.74) is 1.97. The molecule has 1 heterocycles. The third-order valence-electron chi connectivity index (χ3n) is 4.80. The number of methoxy groups -OCH3 is 1. The van der Waals surface area contributed by atoms with Crippen LogP contribution in [0.3, 0.4) is 0 Å². The molecule has 1 aromatic heterocycles. The van der Waals surface area contributed by atoms with E-state index < -0.39 is 0 Å². The molecule has 6 nitrogen and oxygen atoms in total. The summed E-state index contributed by atoms with van der Waals surface area (Å²) in [5, 5.41) is 12.7. The van der Waals surface area contributed by atoms with Gasteiger partial charge in [-0.2, -0.15) is 0 Å². The molecular weight excluding hydrogens is 396 g/mol. The minimum absolute atomic E-state index is 0.103. The quantitative estimate of drug-likeness (QED) is 0.376. The molecule has 3 aromatic rings. The van der Waals surface area contributed by atoms with Crippen LogP contribution < -0.4 is 10.1 Å². The van der Waals surface area contributed by atoms with Crippen LogP contribution in [0.1, 0.15) is 33.1 Å². The van der Waals surface area contributed by atoms with E-state index in [0.29, 0.717) is 6.42 Å². The summed E-state index contributed by atoms with van der Waals surface area (Å²) in [6.45, 7) is 4.09. The molecule has 30 heavy (non-hydrogen) atoms. The standard InChI is InChI=1S/C23H28N4O2S/c1-4-17(2)24-21(28)11-8-16-30-23-26-25-22(18-9-6-5-7-10-18)27(23)19-12-14-20(29-3)15-13-19/h5-7,9-10,12-15,17H,4,8,11,16H2,1-3H3,(H,24,28). The smallest absolute Gasteiger partial charge is 0.220 e. The summed E-state index contributed by atoms with van der Waals surface area (Å²) in [7, 11) is 1.65. The lowest BCUT2D eigenvalue weighted by molar-refractivity contribution is -0.121. The van der Waals surface area contributed by atoms with Gasteiger partial charge in [0.25, 0.3) is 0 Å². The molecule has 0 radical (unpaired) electrons. The minimum Gasteiger partial charge on any atom is -0.497 e. The van der Waals surface area contributed by atoms with Gasteiger partial charge in [-0.1, -0.05) is 49.0 Å². The number of rotatable bonds is 10. The van der Waals surface area contributed by atoms with Crippen LogP contribution >= 0.6 is 11.8 Å². The second-order valence-electron chi connectivity index (χ2n) is 7.03. The molecule has 158 valence electrons. The second-order valence-corrected chi connectivity index (χ2v) is 8.10. The van der Waals surface area contributed by atoms with Crippen LogP contribution in [0.2, 0.25) is 0 Å². The highest BCUT2D eigenvalue weighted by molar-refractivity contribution is 7.99. The van der Waals surface area contributed by atoms with Gasteiger partial charge in [0.2, 0.25) is 5.91 Å². The highest BCUT2D eigenvalue weighted by Crippen LogP contribution is 2.29.